The van der Waals surface area contributed by atoms with Crippen LogP contribution in [0.2, 0.25) is 0 Å². The normalized spacial score (nSPS) is 14.9. The lowest BCUT2D eigenvalue weighted by molar-refractivity contribution is -0.138. The quantitative estimate of drug-likeness (QED) is 0.424. The highest BCUT2D eigenvalue weighted by Gasteiger charge is 2.56. The molecule has 1 saturated carbocycles. The van der Waals surface area contributed by atoms with Crippen molar-refractivity contribution in [1.29, 1.82) is 0 Å². The Morgan fingerprint density at radius 3 is 2.35 bits per heavy atom. The number of benzene rings is 2. The summed E-state index contributed by atoms with van der Waals surface area (Å²) in [6.07, 6.45) is -3.60. The highest BCUT2D eigenvalue weighted by Crippen LogP contribution is 2.53. The molecule has 3 aromatic rings. The van der Waals surface area contributed by atoms with Gasteiger partial charge in [-0.25, -0.2) is 6.57 Å². The van der Waals surface area contributed by atoms with Gasteiger partial charge in [0.25, 0.3) is 5.54 Å². The molecule has 160 valence electrons. The van der Waals surface area contributed by atoms with Crippen molar-refractivity contribution in [1.82, 2.24) is 5.16 Å². The van der Waals surface area contributed by atoms with E-state index in [2.05, 4.69) is 10.0 Å². The van der Waals surface area contributed by atoms with Gasteiger partial charge in [0.2, 0.25) is 0 Å². The Morgan fingerprint density at radius 2 is 1.81 bits per heavy atom. The van der Waals surface area contributed by atoms with Gasteiger partial charge >= 0.3 is 6.18 Å². The Bertz CT molecular complexity index is 1180. The van der Waals surface area contributed by atoms with Gasteiger partial charge in [0.1, 0.15) is 5.76 Å². The topological polar surface area (TPSA) is 33.6 Å². The molecule has 0 saturated heterocycles. The molecule has 31 heavy (non-hydrogen) atoms. The molecular formula is C24H22F3N3O. The van der Waals surface area contributed by atoms with Crippen LogP contribution in [0.4, 0.5) is 24.5 Å². The van der Waals surface area contributed by atoms with Crippen LogP contribution in [0.25, 0.3) is 16.0 Å². The van der Waals surface area contributed by atoms with E-state index < -0.39 is 17.3 Å². The van der Waals surface area contributed by atoms with Gasteiger partial charge in [0, 0.05) is 42.4 Å². The predicted molar refractivity (Wildman–Crippen MR) is 113 cm³/mol. The van der Waals surface area contributed by atoms with Crippen LogP contribution < -0.4 is 4.90 Å². The van der Waals surface area contributed by atoms with Crippen molar-refractivity contribution in [3.8, 4) is 11.1 Å². The fourth-order valence-electron chi connectivity index (χ4n) is 4.10. The van der Waals surface area contributed by atoms with E-state index in [0.29, 0.717) is 24.3 Å². The molecule has 0 atom stereocenters. The molecule has 2 aromatic carbocycles. The Labute approximate surface area is 179 Å². The van der Waals surface area contributed by atoms with Gasteiger partial charge in [-0.1, -0.05) is 17.3 Å². The third-order valence-corrected chi connectivity index (χ3v) is 6.03. The maximum atomic E-state index is 13.9. The summed E-state index contributed by atoms with van der Waals surface area (Å²) < 4.78 is 46.9. The first-order chi connectivity index (χ1) is 14.6. The molecule has 0 unspecified atom stereocenters. The van der Waals surface area contributed by atoms with Crippen molar-refractivity contribution >= 4 is 11.4 Å². The zero-order valence-electron chi connectivity index (χ0n) is 17.8. The summed E-state index contributed by atoms with van der Waals surface area (Å²) in [4.78, 5) is 5.24. The number of rotatable bonds is 4. The van der Waals surface area contributed by atoms with Gasteiger partial charge in [-0.3, -0.25) is 0 Å². The van der Waals surface area contributed by atoms with Crippen LogP contribution in [0.3, 0.4) is 0 Å². The van der Waals surface area contributed by atoms with Gasteiger partial charge in [0.05, 0.1) is 11.3 Å². The molecule has 4 rings (SSSR count). The fraction of sp³-hybridized carbons (Fsp3) is 0.333. The third-order valence-electron chi connectivity index (χ3n) is 6.03. The number of halogens is 3. The van der Waals surface area contributed by atoms with E-state index in [9.17, 15) is 13.2 Å². The summed E-state index contributed by atoms with van der Waals surface area (Å²) in [5.41, 5.74) is 2.97. The molecule has 1 heterocycles. The maximum absolute atomic E-state index is 13.9. The van der Waals surface area contributed by atoms with Crippen molar-refractivity contribution in [2.75, 3.05) is 11.9 Å². The van der Waals surface area contributed by atoms with Crippen LogP contribution in [0.15, 0.2) is 40.9 Å². The molecule has 0 amide bonds. The van der Waals surface area contributed by atoms with E-state index >= 15 is 0 Å². The summed E-state index contributed by atoms with van der Waals surface area (Å²) in [6, 6.07) is 10.1. The Kier molecular flexibility index (Phi) is 4.84. The number of aryl methyl sites for hydroxylation is 3. The molecular weight excluding hydrogens is 403 g/mol. The fourth-order valence-corrected chi connectivity index (χ4v) is 4.10. The number of hydrogen-bond acceptors (Lipinski definition) is 3. The first-order valence-corrected chi connectivity index (χ1v) is 9.95. The number of anilines is 2. The van der Waals surface area contributed by atoms with E-state index in [0.717, 1.165) is 34.1 Å². The number of alkyl halides is 3. The monoisotopic (exact) mass is 425 g/mol. The van der Waals surface area contributed by atoms with E-state index in [1.54, 1.807) is 18.0 Å². The van der Waals surface area contributed by atoms with Gasteiger partial charge in [0.15, 0.2) is 0 Å². The van der Waals surface area contributed by atoms with Crippen molar-refractivity contribution in [3.63, 3.8) is 0 Å². The van der Waals surface area contributed by atoms with Crippen molar-refractivity contribution in [3.05, 3.63) is 76.0 Å². The Morgan fingerprint density at radius 1 is 1.10 bits per heavy atom. The zero-order chi connectivity index (χ0) is 22.6. The summed E-state index contributed by atoms with van der Waals surface area (Å²) in [7, 11) is 1.75. The minimum Gasteiger partial charge on any atom is -0.361 e. The van der Waals surface area contributed by atoms with E-state index in [4.69, 9.17) is 11.1 Å². The van der Waals surface area contributed by atoms with Gasteiger partial charge < -0.3 is 14.3 Å². The molecule has 7 heteroatoms. The average Bonchev–Trinajstić information content (AvgIpc) is 3.46. The summed E-state index contributed by atoms with van der Waals surface area (Å²) in [5.74, 6) is 0.688. The van der Waals surface area contributed by atoms with E-state index in [1.165, 1.54) is 6.07 Å². The molecule has 1 aromatic heterocycles. The van der Waals surface area contributed by atoms with Gasteiger partial charge in [-0.05, 0) is 56.2 Å². The molecule has 0 spiro atoms. The lowest BCUT2D eigenvalue weighted by Gasteiger charge is -2.24. The van der Waals surface area contributed by atoms with Crippen LogP contribution in [0.1, 0.15) is 41.0 Å². The number of nitrogens with zero attached hydrogens (tertiary/aromatic N) is 3. The molecule has 1 aliphatic carbocycles. The van der Waals surface area contributed by atoms with Crippen LogP contribution in [-0.4, -0.2) is 12.2 Å². The lowest BCUT2D eigenvalue weighted by Crippen LogP contribution is -2.17. The SMILES string of the molecule is [C-]#[N+]C1(c2ccc(N(C)c3cc(-c4c(C)noc4C)ccc3C)cc2C(F)(F)F)CC1. The standard InChI is InChI=1S/C24H22F3N3O/c1-14-6-7-17(22-15(2)29-31-16(22)3)12-21(14)30(5)18-8-9-19(23(28-4)10-11-23)20(13-18)24(25,26)27/h6-9,12-13H,10-11H2,1-3,5H3. The highest BCUT2D eigenvalue weighted by molar-refractivity contribution is 5.76. The predicted octanol–water partition coefficient (Wildman–Crippen LogP) is 6.96. The molecule has 1 aliphatic rings. The Balaban J connectivity index is 1.79. The molecule has 0 N–H and O–H groups in total. The molecule has 0 radical (unpaired) electrons. The lowest BCUT2D eigenvalue weighted by atomic mass is 9.96. The minimum absolute atomic E-state index is 0.0772. The summed E-state index contributed by atoms with van der Waals surface area (Å²) in [5, 5.41) is 4.00. The first kappa shape index (κ1) is 21.0. The van der Waals surface area contributed by atoms with E-state index in [-0.39, 0.29) is 5.56 Å². The second kappa shape index (κ2) is 7.16. The maximum Gasteiger partial charge on any atom is 0.417 e. The van der Waals surface area contributed by atoms with Crippen LogP contribution >= 0.6 is 0 Å². The first-order valence-electron chi connectivity index (χ1n) is 9.95. The largest absolute Gasteiger partial charge is 0.417 e. The average molecular weight is 425 g/mol. The third kappa shape index (κ3) is 3.56. The van der Waals surface area contributed by atoms with Crippen molar-refractivity contribution < 1.29 is 17.7 Å². The number of aromatic nitrogens is 1. The second-order valence-corrected chi connectivity index (χ2v) is 8.13. The summed E-state index contributed by atoms with van der Waals surface area (Å²) in [6.45, 7) is 13.0. The highest BCUT2D eigenvalue weighted by atomic mass is 19.4. The van der Waals surface area contributed by atoms with Crippen LogP contribution in [0.5, 0.6) is 0 Å². The molecule has 4 nitrogen and oxygen atoms in total. The summed E-state index contributed by atoms with van der Waals surface area (Å²) >= 11 is 0. The minimum atomic E-state index is -4.53. The van der Waals surface area contributed by atoms with Gasteiger partial charge in [-0.2, -0.15) is 13.2 Å². The number of hydrogen-bond donors (Lipinski definition) is 0. The molecule has 0 aliphatic heterocycles. The van der Waals surface area contributed by atoms with Crippen molar-refractivity contribution in [2.24, 2.45) is 0 Å². The molecule has 1 fully saturated rings. The molecule has 0 bridgehead atoms. The zero-order valence-corrected chi connectivity index (χ0v) is 17.8. The van der Waals surface area contributed by atoms with Crippen LogP contribution in [0, 0.1) is 27.3 Å². The smallest absolute Gasteiger partial charge is 0.361 e. The van der Waals surface area contributed by atoms with Crippen molar-refractivity contribution in [2.45, 2.75) is 45.3 Å². The Hall–Kier alpha value is -3.27. The van der Waals surface area contributed by atoms with E-state index in [1.807, 2.05) is 39.0 Å². The second-order valence-electron chi connectivity index (χ2n) is 8.13. The van der Waals surface area contributed by atoms with Gasteiger partial charge in [-0.15, -0.1) is 0 Å². The van der Waals surface area contributed by atoms with Crippen LogP contribution in [-0.2, 0) is 11.7 Å².